The van der Waals surface area contributed by atoms with Crippen molar-refractivity contribution in [2.75, 3.05) is 0 Å². The number of rotatable bonds is 3. The van der Waals surface area contributed by atoms with Crippen LogP contribution >= 0.6 is 46.8 Å². The molecule has 1 aromatic heterocycles. The zero-order valence-corrected chi connectivity index (χ0v) is 17.3. The monoisotopic (exact) mass is 449 g/mol. The Morgan fingerprint density at radius 1 is 1.00 bits per heavy atom. The van der Waals surface area contributed by atoms with E-state index in [-0.39, 0.29) is 5.11 Å². The molecule has 142 valence electrons. The van der Waals surface area contributed by atoms with E-state index in [9.17, 15) is 9.59 Å². The molecule has 0 unspecified atom stereocenters. The summed E-state index contributed by atoms with van der Waals surface area (Å²) in [5.41, 5.74) is 5.61. The Morgan fingerprint density at radius 3 is 2.46 bits per heavy atom. The van der Waals surface area contributed by atoms with Crippen molar-refractivity contribution in [3.05, 3.63) is 75.1 Å². The number of hydrogen-bond donors (Lipinski definition) is 3. The van der Waals surface area contributed by atoms with Gasteiger partial charge in [-0.05, 0) is 36.0 Å². The molecule has 0 aliphatic carbocycles. The highest BCUT2D eigenvalue weighted by atomic mass is 35.5. The number of carbonyl (C=O) groups excluding carboxylic acids is 2. The third-order valence-electron chi connectivity index (χ3n) is 3.59. The standard InChI is InChI=1S/C19H13Cl2N3O2S2/c20-13-7-3-1-5-11(13)9-10-15(25)22-19(27)24-23-18(26)17-16(21)12-6-2-4-8-14(12)28-17/h1-10H,(H,23,26)(H2,22,24,25,27)/b10-9+. The highest BCUT2D eigenvalue weighted by Gasteiger charge is 2.17. The van der Waals surface area contributed by atoms with E-state index >= 15 is 0 Å². The van der Waals surface area contributed by atoms with Gasteiger partial charge >= 0.3 is 0 Å². The smallest absolute Gasteiger partial charge is 0.281 e. The zero-order valence-electron chi connectivity index (χ0n) is 14.2. The number of amides is 2. The first-order chi connectivity index (χ1) is 13.5. The molecule has 0 aliphatic heterocycles. The number of thiophene rings is 1. The van der Waals surface area contributed by atoms with Crippen molar-refractivity contribution in [2.45, 2.75) is 0 Å². The van der Waals surface area contributed by atoms with E-state index in [0.717, 1.165) is 10.1 Å². The van der Waals surface area contributed by atoms with Crippen LogP contribution in [0.15, 0.2) is 54.6 Å². The lowest BCUT2D eigenvalue weighted by Crippen LogP contribution is -2.48. The molecule has 5 nitrogen and oxygen atoms in total. The molecule has 0 spiro atoms. The number of thiocarbonyl (C=S) groups is 1. The average molecular weight is 450 g/mol. The van der Waals surface area contributed by atoms with Crippen molar-refractivity contribution >= 4 is 79.8 Å². The number of carbonyl (C=O) groups is 2. The van der Waals surface area contributed by atoms with Crippen LogP contribution in [-0.4, -0.2) is 16.9 Å². The molecule has 0 atom stereocenters. The maximum Gasteiger partial charge on any atom is 0.281 e. The minimum absolute atomic E-state index is 0.0561. The number of nitrogens with one attached hydrogen (secondary N) is 3. The van der Waals surface area contributed by atoms with Crippen molar-refractivity contribution in [1.82, 2.24) is 16.2 Å². The van der Waals surface area contributed by atoms with Gasteiger partial charge in [0.1, 0.15) is 4.88 Å². The highest BCUT2D eigenvalue weighted by Crippen LogP contribution is 2.34. The van der Waals surface area contributed by atoms with Crippen LogP contribution in [0.5, 0.6) is 0 Å². The summed E-state index contributed by atoms with van der Waals surface area (Å²) >= 11 is 18.6. The molecule has 0 saturated heterocycles. The van der Waals surface area contributed by atoms with Crippen LogP contribution < -0.4 is 16.2 Å². The molecule has 2 aromatic carbocycles. The van der Waals surface area contributed by atoms with Crippen LogP contribution in [0, 0.1) is 0 Å². The molecule has 3 N–H and O–H groups in total. The lowest BCUT2D eigenvalue weighted by molar-refractivity contribution is -0.115. The molecule has 0 aliphatic rings. The topological polar surface area (TPSA) is 70.2 Å². The Bertz CT molecular complexity index is 1100. The summed E-state index contributed by atoms with van der Waals surface area (Å²) in [6.07, 6.45) is 2.86. The van der Waals surface area contributed by atoms with Gasteiger partial charge in [0.25, 0.3) is 5.91 Å². The third kappa shape index (κ3) is 4.88. The van der Waals surface area contributed by atoms with E-state index < -0.39 is 11.8 Å². The molecule has 9 heteroatoms. The molecule has 0 fully saturated rings. The van der Waals surface area contributed by atoms with Crippen LogP contribution in [0.4, 0.5) is 0 Å². The Balaban J connectivity index is 1.55. The molecular weight excluding hydrogens is 437 g/mol. The summed E-state index contributed by atoms with van der Waals surface area (Å²) in [5.74, 6) is -0.916. The second-order valence-electron chi connectivity index (χ2n) is 5.49. The number of benzene rings is 2. The van der Waals surface area contributed by atoms with E-state index in [1.54, 1.807) is 24.3 Å². The summed E-state index contributed by atoms with van der Waals surface area (Å²) in [6.45, 7) is 0. The van der Waals surface area contributed by atoms with E-state index in [1.807, 2.05) is 30.3 Å². The van der Waals surface area contributed by atoms with Gasteiger partial charge in [0.2, 0.25) is 5.91 Å². The van der Waals surface area contributed by atoms with Crippen LogP contribution in [0.2, 0.25) is 10.0 Å². The molecule has 2 amide bonds. The summed E-state index contributed by atoms with van der Waals surface area (Å²) in [5, 5.41) is 4.07. The number of hydrazine groups is 1. The van der Waals surface area contributed by atoms with Crippen molar-refractivity contribution in [2.24, 2.45) is 0 Å². The van der Waals surface area contributed by atoms with Crippen LogP contribution in [0.25, 0.3) is 16.2 Å². The Hall–Kier alpha value is -2.45. The van der Waals surface area contributed by atoms with Crippen molar-refractivity contribution in [3.63, 3.8) is 0 Å². The summed E-state index contributed by atoms with van der Waals surface area (Å²) in [4.78, 5) is 24.6. The zero-order chi connectivity index (χ0) is 20.1. The summed E-state index contributed by atoms with van der Waals surface area (Å²) in [6, 6.07) is 14.5. The first-order valence-corrected chi connectivity index (χ1v) is 9.94. The van der Waals surface area contributed by atoms with Gasteiger partial charge in [0, 0.05) is 21.2 Å². The van der Waals surface area contributed by atoms with Gasteiger partial charge in [-0.3, -0.25) is 25.8 Å². The molecular formula is C19H13Cl2N3O2S2. The van der Waals surface area contributed by atoms with Crippen LogP contribution in [-0.2, 0) is 4.79 Å². The number of hydrogen-bond acceptors (Lipinski definition) is 4. The largest absolute Gasteiger partial charge is 0.298 e. The van der Waals surface area contributed by atoms with Gasteiger partial charge in [-0.15, -0.1) is 11.3 Å². The molecule has 1 heterocycles. The van der Waals surface area contributed by atoms with Gasteiger partial charge < -0.3 is 0 Å². The predicted molar refractivity (Wildman–Crippen MR) is 119 cm³/mol. The minimum atomic E-state index is -0.466. The fraction of sp³-hybridized carbons (Fsp3) is 0. The maximum atomic E-state index is 12.3. The summed E-state index contributed by atoms with van der Waals surface area (Å²) in [7, 11) is 0. The Kier molecular flexibility index (Phi) is 6.64. The van der Waals surface area contributed by atoms with Crippen molar-refractivity contribution < 1.29 is 9.59 Å². The lowest BCUT2D eigenvalue weighted by atomic mass is 10.2. The molecule has 28 heavy (non-hydrogen) atoms. The van der Waals surface area contributed by atoms with E-state index in [2.05, 4.69) is 16.2 Å². The van der Waals surface area contributed by atoms with Gasteiger partial charge in [-0.25, -0.2) is 0 Å². The Labute approximate surface area is 180 Å². The average Bonchev–Trinajstić information content (AvgIpc) is 3.02. The lowest BCUT2D eigenvalue weighted by Gasteiger charge is -2.09. The molecule has 3 rings (SSSR count). The normalized spacial score (nSPS) is 10.8. The summed E-state index contributed by atoms with van der Waals surface area (Å²) < 4.78 is 0.901. The first kappa shape index (κ1) is 20.3. The van der Waals surface area contributed by atoms with E-state index in [0.29, 0.717) is 20.5 Å². The maximum absolute atomic E-state index is 12.3. The van der Waals surface area contributed by atoms with Gasteiger partial charge in [0.15, 0.2) is 5.11 Å². The van der Waals surface area contributed by atoms with Gasteiger partial charge in [-0.1, -0.05) is 59.6 Å². The van der Waals surface area contributed by atoms with Crippen LogP contribution in [0.3, 0.4) is 0 Å². The third-order valence-corrected chi connectivity index (χ3v) is 5.81. The van der Waals surface area contributed by atoms with Crippen LogP contribution in [0.1, 0.15) is 15.2 Å². The predicted octanol–water partition coefficient (Wildman–Crippen LogP) is 4.56. The SMILES string of the molecule is O=C(/C=C/c1ccccc1Cl)NC(=S)NNC(=O)c1sc2ccccc2c1Cl. The second-order valence-corrected chi connectivity index (χ2v) is 7.74. The Morgan fingerprint density at radius 2 is 1.71 bits per heavy atom. The fourth-order valence-corrected chi connectivity index (χ4v) is 4.05. The van der Waals surface area contributed by atoms with Crippen molar-refractivity contribution in [3.8, 4) is 0 Å². The molecule has 0 saturated carbocycles. The second kappa shape index (κ2) is 9.16. The molecule has 0 bridgehead atoms. The molecule has 0 radical (unpaired) electrons. The van der Waals surface area contributed by atoms with Crippen molar-refractivity contribution in [1.29, 1.82) is 0 Å². The van der Waals surface area contributed by atoms with E-state index in [4.69, 9.17) is 35.4 Å². The fourth-order valence-electron chi connectivity index (χ4n) is 2.29. The minimum Gasteiger partial charge on any atom is -0.298 e. The number of halogens is 2. The quantitative estimate of drug-likeness (QED) is 0.311. The number of fused-ring (bicyclic) bond motifs is 1. The molecule has 3 aromatic rings. The van der Waals surface area contributed by atoms with Gasteiger partial charge in [-0.2, -0.15) is 0 Å². The highest BCUT2D eigenvalue weighted by molar-refractivity contribution is 7.80. The van der Waals surface area contributed by atoms with Gasteiger partial charge in [0.05, 0.1) is 5.02 Å². The first-order valence-electron chi connectivity index (χ1n) is 7.96. The van der Waals surface area contributed by atoms with E-state index in [1.165, 1.54) is 17.4 Å².